The smallest absolute Gasteiger partial charge is 0.249 e. The maximum Gasteiger partial charge on any atom is 0.249 e. The van der Waals surface area contributed by atoms with E-state index in [4.69, 9.17) is 11.6 Å². The van der Waals surface area contributed by atoms with Gasteiger partial charge in [-0.05, 0) is 36.8 Å². The van der Waals surface area contributed by atoms with Crippen molar-refractivity contribution in [3.8, 4) is 0 Å². The first-order valence-electron chi connectivity index (χ1n) is 8.03. The molecule has 0 fully saturated rings. The number of aryl methyl sites for hydroxylation is 1. The lowest BCUT2D eigenvalue weighted by molar-refractivity contribution is 0.982. The molecule has 0 saturated carbocycles. The molecule has 0 aliphatic rings. The van der Waals surface area contributed by atoms with Crippen LogP contribution < -0.4 is 10.6 Å². The van der Waals surface area contributed by atoms with Gasteiger partial charge in [0.1, 0.15) is 0 Å². The monoisotopic (exact) mass is 362 g/mol. The highest BCUT2D eigenvalue weighted by molar-refractivity contribution is 6.30. The third-order valence-corrected chi connectivity index (χ3v) is 4.14. The Morgan fingerprint density at radius 1 is 0.962 bits per heavy atom. The van der Waals surface area contributed by atoms with Gasteiger partial charge < -0.3 is 10.6 Å². The molecule has 2 aromatic heterocycles. The summed E-state index contributed by atoms with van der Waals surface area (Å²) in [5.41, 5.74) is 3.60. The summed E-state index contributed by atoms with van der Waals surface area (Å²) in [6.45, 7) is 1.98. The molecule has 0 radical (unpaired) electrons. The molecule has 0 bridgehead atoms. The Morgan fingerprint density at radius 3 is 2.77 bits per heavy atom. The second-order valence-electron chi connectivity index (χ2n) is 5.76. The van der Waals surface area contributed by atoms with Gasteiger partial charge in [-0.15, -0.1) is 5.10 Å². The highest BCUT2D eigenvalue weighted by Crippen LogP contribution is 2.25. The van der Waals surface area contributed by atoms with E-state index in [9.17, 15) is 0 Å². The molecule has 26 heavy (non-hydrogen) atoms. The van der Waals surface area contributed by atoms with Gasteiger partial charge in [0.25, 0.3) is 0 Å². The fraction of sp³-hybridized carbons (Fsp3) is 0.0526. The lowest BCUT2D eigenvalue weighted by Gasteiger charge is -2.10. The Balaban J connectivity index is 1.62. The van der Waals surface area contributed by atoms with Gasteiger partial charge >= 0.3 is 0 Å². The summed E-state index contributed by atoms with van der Waals surface area (Å²) in [5.74, 6) is 0.953. The number of nitrogens with one attached hydrogen (secondary N) is 2. The third-order valence-electron chi connectivity index (χ3n) is 3.90. The summed E-state index contributed by atoms with van der Waals surface area (Å²) < 4.78 is 0. The molecule has 0 atom stereocenters. The summed E-state index contributed by atoms with van der Waals surface area (Å²) in [5, 5.41) is 16.2. The van der Waals surface area contributed by atoms with Gasteiger partial charge in [-0.2, -0.15) is 10.1 Å². The summed E-state index contributed by atoms with van der Waals surface area (Å²) >= 11 is 6.06. The highest BCUT2D eigenvalue weighted by atomic mass is 35.5. The van der Waals surface area contributed by atoms with Gasteiger partial charge in [-0.1, -0.05) is 35.9 Å². The zero-order chi connectivity index (χ0) is 17.9. The van der Waals surface area contributed by atoms with Crippen molar-refractivity contribution in [3.05, 3.63) is 71.5 Å². The SMILES string of the molecule is Cc1ccc(Cl)cc1Nc1nncc(Nc2cccc3cccnc23)n1. The number of hydrogen-bond acceptors (Lipinski definition) is 6. The maximum atomic E-state index is 6.06. The number of fused-ring (bicyclic) bond motifs is 1. The molecule has 2 heterocycles. The number of para-hydroxylation sites is 1. The van der Waals surface area contributed by atoms with E-state index in [1.165, 1.54) is 0 Å². The van der Waals surface area contributed by atoms with Crippen LogP contribution in [0.4, 0.5) is 23.1 Å². The Kier molecular flexibility index (Phi) is 4.33. The summed E-state index contributed by atoms with van der Waals surface area (Å²) in [7, 11) is 0. The van der Waals surface area contributed by atoms with Gasteiger partial charge in [0.15, 0.2) is 5.82 Å². The number of pyridine rings is 1. The second kappa shape index (κ2) is 6.93. The van der Waals surface area contributed by atoms with Crippen LogP contribution in [0.15, 0.2) is 60.9 Å². The van der Waals surface area contributed by atoms with Gasteiger partial charge in [-0.25, -0.2) is 0 Å². The van der Waals surface area contributed by atoms with E-state index in [-0.39, 0.29) is 0 Å². The molecule has 7 heteroatoms. The summed E-state index contributed by atoms with van der Waals surface area (Å²) in [6, 6.07) is 15.5. The third kappa shape index (κ3) is 3.41. The molecule has 0 aliphatic carbocycles. The van der Waals surface area contributed by atoms with Crippen LogP contribution in [0.3, 0.4) is 0 Å². The van der Waals surface area contributed by atoms with Crippen molar-refractivity contribution in [2.24, 2.45) is 0 Å². The fourth-order valence-corrected chi connectivity index (χ4v) is 2.78. The minimum absolute atomic E-state index is 0.383. The zero-order valence-corrected chi connectivity index (χ0v) is 14.7. The molecular formula is C19H15ClN6. The summed E-state index contributed by atoms with van der Waals surface area (Å²) in [6.07, 6.45) is 3.33. The number of anilines is 4. The largest absolute Gasteiger partial charge is 0.337 e. The lowest BCUT2D eigenvalue weighted by atomic mass is 10.2. The number of hydrogen-bond donors (Lipinski definition) is 2. The minimum Gasteiger partial charge on any atom is -0.337 e. The number of benzene rings is 2. The van der Waals surface area contributed by atoms with E-state index in [2.05, 4.69) is 30.8 Å². The molecule has 0 spiro atoms. The first-order valence-corrected chi connectivity index (χ1v) is 8.40. The fourth-order valence-electron chi connectivity index (χ4n) is 2.61. The van der Waals surface area contributed by atoms with Crippen molar-refractivity contribution >= 4 is 45.6 Å². The van der Waals surface area contributed by atoms with E-state index in [0.717, 1.165) is 27.8 Å². The predicted octanol–water partition coefficient (Wildman–Crippen LogP) is 4.87. The minimum atomic E-state index is 0.383. The maximum absolute atomic E-state index is 6.06. The van der Waals surface area contributed by atoms with Crippen molar-refractivity contribution in [2.45, 2.75) is 6.92 Å². The molecule has 4 aromatic rings. The average molecular weight is 363 g/mol. The Labute approximate surface area is 155 Å². The van der Waals surface area contributed by atoms with Crippen LogP contribution in [-0.2, 0) is 0 Å². The molecule has 128 valence electrons. The molecular weight excluding hydrogens is 348 g/mol. The van der Waals surface area contributed by atoms with Gasteiger partial charge in [0.05, 0.1) is 17.4 Å². The number of aromatic nitrogens is 4. The first kappa shape index (κ1) is 16.2. The van der Waals surface area contributed by atoms with Crippen molar-refractivity contribution in [1.29, 1.82) is 0 Å². The Bertz CT molecular complexity index is 1080. The number of halogens is 1. The number of rotatable bonds is 4. The predicted molar refractivity (Wildman–Crippen MR) is 104 cm³/mol. The van der Waals surface area contributed by atoms with Crippen LogP contribution >= 0.6 is 11.6 Å². The van der Waals surface area contributed by atoms with E-state index in [1.807, 2.05) is 55.5 Å². The molecule has 2 aromatic carbocycles. The normalized spacial score (nSPS) is 10.7. The standard InChI is InChI=1S/C19H15ClN6/c1-12-7-8-14(20)10-16(12)24-19-25-17(11-22-26-19)23-15-6-2-4-13-5-3-9-21-18(13)15/h2-11H,1H3,(H2,23,24,25,26). The molecule has 4 rings (SSSR count). The van der Waals surface area contributed by atoms with Crippen LogP contribution in [0.1, 0.15) is 5.56 Å². The Morgan fingerprint density at radius 2 is 1.85 bits per heavy atom. The van der Waals surface area contributed by atoms with E-state index < -0.39 is 0 Å². The van der Waals surface area contributed by atoms with Crippen LogP contribution in [0.5, 0.6) is 0 Å². The van der Waals surface area contributed by atoms with E-state index >= 15 is 0 Å². The lowest BCUT2D eigenvalue weighted by Crippen LogP contribution is -2.03. The van der Waals surface area contributed by atoms with Crippen molar-refractivity contribution < 1.29 is 0 Å². The molecule has 0 amide bonds. The average Bonchev–Trinajstić information content (AvgIpc) is 2.65. The molecule has 2 N–H and O–H groups in total. The van der Waals surface area contributed by atoms with E-state index in [0.29, 0.717) is 16.8 Å². The quantitative estimate of drug-likeness (QED) is 0.539. The second-order valence-corrected chi connectivity index (χ2v) is 6.19. The van der Waals surface area contributed by atoms with Crippen LogP contribution in [0.25, 0.3) is 10.9 Å². The van der Waals surface area contributed by atoms with Gasteiger partial charge in [0, 0.05) is 22.3 Å². The molecule has 6 nitrogen and oxygen atoms in total. The molecule has 0 saturated heterocycles. The Hall–Kier alpha value is -3.25. The highest BCUT2D eigenvalue weighted by Gasteiger charge is 2.07. The number of nitrogens with zero attached hydrogens (tertiary/aromatic N) is 4. The van der Waals surface area contributed by atoms with Crippen molar-refractivity contribution in [1.82, 2.24) is 20.2 Å². The van der Waals surface area contributed by atoms with Crippen molar-refractivity contribution in [3.63, 3.8) is 0 Å². The van der Waals surface area contributed by atoms with Crippen LogP contribution in [0.2, 0.25) is 5.02 Å². The van der Waals surface area contributed by atoms with Gasteiger partial charge in [0.2, 0.25) is 5.95 Å². The van der Waals surface area contributed by atoms with Gasteiger partial charge in [-0.3, -0.25) is 4.98 Å². The topological polar surface area (TPSA) is 75.6 Å². The van der Waals surface area contributed by atoms with E-state index in [1.54, 1.807) is 12.4 Å². The zero-order valence-electron chi connectivity index (χ0n) is 13.9. The van der Waals surface area contributed by atoms with Crippen LogP contribution in [0, 0.1) is 6.92 Å². The van der Waals surface area contributed by atoms with Crippen LogP contribution in [-0.4, -0.2) is 20.2 Å². The first-order chi connectivity index (χ1) is 12.7. The summed E-state index contributed by atoms with van der Waals surface area (Å²) in [4.78, 5) is 8.91. The van der Waals surface area contributed by atoms with Crippen molar-refractivity contribution in [2.75, 3.05) is 10.6 Å². The molecule has 0 unspecified atom stereocenters. The molecule has 0 aliphatic heterocycles.